The van der Waals surface area contributed by atoms with E-state index in [2.05, 4.69) is 73.0 Å². The van der Waals surface area contributed by atoms with Crippen LogP contribution in [0.4, 0.5) is 0 Å². The molecule has 0 spiro atoms. The van der Waals surface area contributed by atoms with E-state index in [1.54, 1.807) is 11.3 Å². The average molecular weight is 368 g/mol. The molecule has 0 amide bonds. The van der Waals surface area contributed by atoms with Gasteiger partial charge in [-0.1, -0.05) is 48.8 Å². The highest BCUT2D eigenvalue weighted by Gasteiger charge is 2.17. The molecule has 2 nitrogen and oxygen atoms in total. The van der Waals surface area contributed by atoms with Crippen molar-refractivity contribution in [2.45, 2.75) is 52.0 Å². The van der Waals surface area contributed by atoms with Gasteiger partial charge >= 0.3 is 0 Å². The second-order valence-electron chi connectivity index (χ2n) is 6.36. The lowest BCUT2D eigenvalue weighted by molar-refractivity contribution is 0.300. The molecule has 0 radical (unpaired) electrons. The van der Waals surface area contributed by atoms with Crippen molar-refractivity contribution >= 4 is 27.3 Å². The molecule has 0 aliphatic heterocycles. The number of halogens is 1. The van der Waals surface area contributed by atoms with E-state index in [1.165, 1.54) is 16.7 Å². The van der Waals surface area contributed by atoms with E-state index < -0.39 is 0 Å². The maximum absolute atomic E-state index is 6.01. The zero-order chi connectivity index (χ0) is 15.6. The molecule has 0 saturated carbocycles. The first kappa shape index (κ1) is 16.5. The predicted molar refractivity (Wildman–Crippen MR) is 93.7 cm³/mol. The molecular formula is C17H22BrNOS. The molecule has 0 N–H and O–H groups in total. The lowest BCUT2D eigenvalue weighted by Crippen LogP contribution is -2.11. The van der Waals surface area contributed by atoms with Crippen LogP contribution in [-0.2, 0) is 17.4 Å². The van der Waals surface area contributed by atoms with Crippen LogP contribution >= 0.6 is 27.3 Å². The van der Waals surface area contributed by atoms with E-state index in [-0.39, 0.29) is 5.41 Å². The minimum absolute atomic E-state index is 0.0953. The number of hydrogen-bond acceptors (Lipinski definition) is 3. The first-order valence-electron chi connectivity index (χ1n) is 7.05. The van der Waals surface area contributed by atoms with Gasteiger partial charge in [0.25, 0.3) is 0 Å². The topological polar surface area (TPSA) is 22.1 Å². The second kappa shape index (κ2) is 6.49. The fraction of sp³-hybridized carbons (Fsp3) is 0.471. The van der Waals surface area contributed by atoms with Gasteiger partial charge in [-0.15, -0.1) is 11.3 Å². The monoisotopic (exact) mass is 367 g/mol. The Morgan fingerprint density at radius 1 is 1.19 bits per heavy atom. The first-order valence-corrected chi connectivity index (χ1v) is 9.05. The zero-order valence-electron chi connectivity index (χ0n) is 13.3. The van der Waals surface area contributed by atoms with Gasteiger partial charge in [0.05, 0.1) is 5.69 Å². The summed E-state index contributed by atoms with van der Waals surface area (Å²) in [7, 11) is 0. The highest BCUT2D eigenvalue weighted by atomic mass is 79.9. The predicted octanol–water partition coefficient (Wildman–Crippen LogP) is 5.53. The summed E-state index contributed by atoms with van der Waals surface area (Å²) in [6.45, 7) is 11.3. The minimum atomic E-state index is 0.0953. The SMILES string of the molecule is Cc1cc(CBr)cc(C)c1OCc1nc(C(C)(C)C)cs1. The fourth-order valence-electron chi connectivity index (χ4n) is 2.20. The van der Waals surface area contributed by atoms with Gasteiger partial charge in [-0.25, -0.2) is 4.98 Å². The van der Waals surface area contributed by atoms with Crippen LogP contribution in [0.1, 0.15) is 48.2 Å². The standard InChI is InChI=1S/C17H22BrNOS/c1-11-6-13(8-18)7-12(2)16(11)20-9-15-19-14(10-21-15)17(3,4)5/h6-7,10H,8-9H2,1-5H3. The Hall–Kier alpha value is -0.870. The summed E-state index contributed by atoms with van der Waals surface area (Å²) in [6.07, 6.45) is 0. The Morgan fingerprint density at radius 3 is 2.29 bits per heavy atom. The normalized spacial score (nSPS) is 11.7. The molecule has 1 heterocycles. The molecule has 0 saturated heterocycles. The van der Waals surface area contributed by atoms with E-state index in [1.807, 2.05) is 0 Å². The van der Waals surface area contributed by atoms with Gasteiger partial charge < -0.3 is 4.74 Å². The smallest absolute Gasteiger partial charge is 0.140 e. The number of hydrogen-bond donors (Lipinski definition) is 0. The Bertz CT molecular complexity index is 605. The summed E-state index contributed by atoms with van der Waals surface area (Å²) in [5.74, 6) is 0.979. The van der Waals surface area contributed by atoms with Gasteiger partial charge in [-0.2, -0.15) is 0 Å². The van der Waals surface area contributed by atoms with Crippen LogP contribution in [-0.4, -0.2) is 4.98 Å². The quantitative estimate of drug-likeness (QED) is 0.662. The molecule has 0 atom stereocenters. The number of nitrogens with zero attached hydrogens (tertiary/aromatic N) is 1. The third kappa shape index (κ3) is 4.07. The van der Waals surface area contributed by atoms with Crippen molar-refractivity contribution in [1.29, 1.82) is 0 Å². The van der Waals surface area contributed by atoms with Crippen LogP contribution in [0, 0.1) is 13.8 Å². The molecule has 0 aliphatic carbocycles. The van der Waals surface area contributed by atoms with Gasteiger partial charge in [-0.3, -0.25) is 0 Å². The van der Waals surface area contributed by atoms with Gasteiger partial charge in [0, 0.05) is 16.1 Å². The van der Waals surface area contributed by atoms with Crippen molar-refractivity contribution in [2.75, 3.05) is 0 Å². The van der Waals surface area contributed by atoms with Crippen LogP contribution in [0.5, 0.6) is 5.75 Å². The lowest BCUT2D eigenvalue weighted by Gasteiger charge is -2.14. The Balaban J connectivity index is 2.12. The lowest BCUT2D eigenvalue weighted by atomic mass is 9.93. The summed E-state index contributed by atoms with van der Waals surface area (Å²) in [4.78, 5) is 4.68. The molecule has 4 heteroatoms. The van der Waals surface area contributed by atoms with Crippen LogP contribution in [0.15, 0.2) is 17.5 Å². The van der Waals surface area contributed by atoms with Crippen molar-refractivity contribution in [3.05, 3.63) is 44.9 Å². The van der Waals surface area contributed by atoms with Gasteiger partial charge in [0.2, 0.25) is 0 Å². The van der Waals surface area contributed by atoms with Gasteiger partial charge in [0.15, 0.2) is 0 Å². The molecule has 2 aromatic rings. The van der Waals surface area contributed by atoms with E-state index in [9.17, 15) is 0 Å². The number of thiazole rings is 1. The summed E-state index contributed by atoms with van der Waals surface area (Å²) < 4.78 is 6.01. The summed E-state index contributed by atoms with van der Waals surface area (Å²) in [5, 5.41) is 4.03. The van der Waals surface area contributed by atoms with Crippen molar-refractivity contribution in [1.82, 2.24) is 4.98 Å². The second-order valence-corrected chi connectivity index (χ2v) is 7.86. The maximum Gasteiger partial charge on any atom is 0.140 e. The highest BCUT2D eigenvalue weighted by molar-refractivity contribution is 9.08. The zero-order valence-corrected chi connectivity index (χ0v) is 15.7. The Labute approximate surface area is 139 Å². The summed E-state index contributed by atoms with van der Waals surface area (Å²) in [5.41, 5.74) is 4.86. The van der Waals surface area contributed by atoms with E-state index in [0.29, 0.717) is 6.61 Å². The summed E-state index contributed by atoms with van der Waals surface area (Å²) >= 11 is 5.17. The number of aryl methyl sites for hydroxylation is 2. The van der Waals surface area contributed by atoms with Crippen LogP contribution in [0.2, 0.25) is 0 Å². The third-order valence-corrected chi connectivity index (χ3v) is 4.80. The first-order chi connectivity index (χ1) is 9.81. The largest absolute Gasteiger partial charge is 0.486 e. The molecule has 0 bridgehead atoms. The van der Waals surface area contributed by atoms with E-state index in [4.69, 9.17) is 4.74 Å². The molecule has 1 aromatic carbocycles. The van der Waals surface area contributed by atoms with E-state index >= 15 is 0 Å². The number of benzene rings is 1. The van der Waals surface area contributed by atoms with Crippen LogP contribution in [0.25, 0.3) is 0 Å². The Morgan fingerprint density at radius 2 is 1.81 bits per heavy atom. The minimum Gasteiger partial charge on any atom is -0.486 e. The van der Waals surface area contributed by atoms with Crippen LogP contribution in [0.3, 0.4) is 0 Å². The fourth-order valence-corrected chi connectivity index (χ4v) is 3.46. The van der Waals surface area contributed by atoms with Crippen LogP contribution < -0.4 is 4.74 Å². The average Bonchev–Trinajstić information content (AvgIpc) is 2.86. The molecular weight excluding hydrogens is 346 g/mol. The van der Waals surface area contributed by atoms with E-state index in [0.717, 1.165) is 21.8 Å². The Kier molecular flexibility index (Phi) is 5.10. The maximum atomic E-state index is 6.01. The van der Waals surface area contributed by atoms with Crippen molar-refractivity contribution in [2.24, 2.45) is 0 Å². The number of rotatable bonds is 4. The molecule has 2 rings (SSSR count). The number of ether oxygens (including phenoxy) is 1. The number of aromatic nitrogens is 1. The molecule has 0 unspecified atom stereocenters. The molecule has 0 aliphatic rings. The van der Waals surface area contributed by atoms with Crippen molar-refractivity contribution in [3.63, 3.8) is 0 Å². The summed E-state index contributed by atoms with van der Waals surface area (Å²) in [6, 6.07) is 4.33. The van der Waals surface area contributed by atoms with Gasteiger partial charge in [0.1, 0.15) is 17.4 Å². The van der Waals surface area contributed by atoms with Crippen molar-refractivity contribution in [3.8, 4) is 5.75 Å². The molecule has 114 valence electrons. The number of alkyl halides is 1. The molecule has 1 aromatic heterocycles. The highest BCUT2D eigenvalue weighted by Crippen LogP contribution is 2.28. The van der Waals surface area contributed by atoms with Crippen molar-refractivity contribution < 1.29 is 4.74 Å². The molecule has 0 fully saturated rings. The third-order valence-electron chi connectivity index (χ3n) is 3.33. The van der Waals surface area contributed by atoms with Gasteiger partial charge in [-0.05, 0) is 30.5 Å². The molecule has 21 heavy (non-hydrogen) atoms.